The molecule has 0 spiro atoms. The Morgan fingerprint density at radius 1 is 1.18 bits per heavy atom. The number of hydrogen-bond acceptors (Lipinski definition) is 2. The molecule has 0 aliphatic heterocycles. The van der Waals surface area contributed by atoms with Crippen molar-refractivity contribution in [2.75, 3.05) is 6.61 Å². The second-order valence-electron chi connectivity index (χ2n) is 5.01. The van der Waals surface area contributed by atoms with Gasteiger partial charge in [-0.25, -0.2) is 0 Å². The molecule has 0 radical (unpaired) electrons. The maximum absolute atomic E-state index is 9.32. The molecule has 0 aliphatic rings. The van der Waals surface area contributed by atoms with E-state index in [0.29, 0.717) is 5.92 Å². The molecule has 1 aromatic rings. The molecule has 0 amide bonds. The van der Waals surface area contributed by atoms with Gasteiger partial charge in [-0.15, -0.1) is 0 Å². The molecule has 0 fully saturated rings. The minimum Gasteiger partial charge on any atom is -0.395 e. The van der Waals surface area contributed by atoms with E-state index < -0.39 is 0 Å². The summed E-state index contributed by atoms with van der Waals surface area (Å²) in [5.74, 6) is 0.612. The van der Waals surface area contributed by atoms with Crippen LogP contribution >= 0.6 is 0 Å². The van der Waals surface area contributed by atoms with Gasteiger partial charge in [0.2, 0.25) is 0 Å². The van der Waals surface area contributed by atoms with Crippen molar-refractivity contribution in [1.82, 2.24) is 5.32 Å². The van der Waals surface area contributed by atoms with E-state index in [2.05, 4.69) is 50.4 Å². The molecule has 0 saturated heterocycles. The smallest absolute Gasteiger partial charge is 0.0584 e. The Bertz CT molecular complexity index is 322. The number of aryl methyl sites for hydroxylation is 1. The Morgan fingerprint density at radius 3 is 2.35 bits per heavy atom. The molecule has 0 bridgehead atoms. The van der Waals surface area contributed by atoms with E-state index in [-0.39, 0.29) is 12.6 Å². The summed E-state index contributed by atoms with van der Waals surface area (Å²) in [6.45, 7) is 7.61. The number of rotatable bonds is 7. The third-order valence-electron chi connectivity index (χ3n) is 3.06. The van der Waals surface area contributed by atoms with Crippen molar-refractivity contribution in [3.63, 3.8) is 0 Å². The number of nitrogens with one attached hydrogen (secondary N) is 1. The molecule has 1 unspecified atom stereocenters. The van der Waals surface area contributed by atoms with Crippen LogP contribution in [-0.4, -0.2) is 17.8 Å². The van der Waals surface area contributed by atoms with E-state index in [9.17, 15) is 5.11 Å². The fourth-order valence-corrected chi connectivity index (χ4v) is 2.12. The number of benzene rings is 1. The summed E-state index contributed by atoms with van der Waals surface area (Å²) in [5, 5.41) is 12.8. The maximum Gasteiger partial charge on any atom is 0.0584 e. The fourth-order valence-electron chi connectivity index (χ4n) is 2.12. The van der Waals surface area contributed by atoms with Crippen LogP contribution in [0.5, 0.6) is 0 Å². The minimum atomic E-state index is 0.208. The van der Waals surface area contributed by atoms with E-state index in [1.54, 1.807) is 0 Å². The van der Waals surface area contributed by atoms with Crippen LogP contribution in [0.3, 0.4) is 0 Å². The van der Waals surface area contributed by atoms with Gasteiger partial charge in [0.25, 0.3) is 0 Å². The maximum atomic E-state index is 9.32. The molecule has 0 aliphatic carbocycles. The lowest BCUT2D eigenvalue weighted by Crippen LogP contribution is -2.33. The van der Waals surface area contributed by atoms with Crippen LogP contribution in [0, 0.1) is 5.92 Å². The summed E-state index contributed by atoms with van der Waals surface area (Å²) in [6, 6.07) is 8.70. The first-order valence-electron chi connectivity index (χ1n) is 6.58. The van der Waals surface area contributed by atoms with Crippen LogP contribution in [0.2, 0.25) is 0 Å². The lowest BCUT2D eigenvalue weighted by molar-refractivity contribution is 0.223. The average Bonchev–Trinajstić information content (AvgIpc) is 2.34. The van der Waals surface area contributed by atoms with Crippen LogP contribution in [0.15, 0.2) is 24.3 Å². The Balaban J connectivity index is 2.53. The highest BCUT2D eigenvalue weighted by Gasteiger charge is 2.09. The van der Waals surface area contributed by atoms with Crippen LogP contribution in [-0.2, 0) is 13.0 Å². The van der Waals surface area contributed by atoms with Gasteiger partial charge in [0.1, 0.15) is 0 Å². The van der Waals surface area contributed by atoms with Gasteiger partial charge >= 0.3 is 0 Å². The molecule has 17 heavy (non-hydrogen) atoms. The molecule has 2 heteroatoms. The van der Waals surface area contributed by atoms with Crippen molar-refractivity contribution in [2.24, 2.45) is 5.92 Å². The molecule has 0 heterocycles. The summed E-state index contributed by atoms with van der Waals surface area (Å²) < 4.78 is 0. The molecule has 2 N–H and O–H groups in total. The van der Waals surface area contributed by atoms with Gasteiger partial charge < -0.3 is 10.4 Å². The SMILES string of the molecule is CCc1ccccc1CNC(CO)CC(C)C. The molecular formula is C15H25NO. The molecule has 96 valence electrons. The van der Waals surface area contributed by atoms with E-state index in [1.807, 2.05) is 0 Å². The highest BCUT2D eigenvalue weighted by molar-refractivity contribution is 5.26. The third kappa shape index (κ3) is 4.88. The molecule has 1 atom stereocenters. The standard InChI is InChI=1S/C15H25NO/c1-4-13-7-5-6-8-14(13)10-16-15(11-17)9-12(2)3/h5-8,12,15-17H,4,9-11H2,1-3H3. The zero-order chi connectivity index (χ0) is 12.7. The molecule has 1 rings (SSSR count). The second-order valence-corrected chi connectivity index (χ2v) is 5.01. The number of hydrogen-bond donors (Lipinski definition) is 2. The van der Waals surface area contributed by atoms with Crippen LogP contribution < -0.4 is 5.32 Å². The van der Waals surface area contributed by atoms with Crippen LogP contribution in [0.4, 0.5) is 0 Å². The number of aliphatic hydroxyl groups excluding tert-OH is 1. The van der Waals surface area contributed by atoms with E-state index >= 15 is 0 Å². The van der Waals surface area contributed by atoms with Crippen molar-refractivity contribution < 1.29 is 5.11 Å². The Kier molecular flexibility index (Phi) is 6.23. The first kappa shape index (κ1) is 14.2. The molecular weight excluding hydrogens is 210 g/mol. The topological polar surface area (TPSA) is 32.3 Å². The molecule has 2 nitrogen and oxygen atoms in total. The Labute approximate surface area is 105 Å². The monoisotopic (exact) mass is 235 g/mol. The highest BCUT2D eigenvalue weighted by atomic mass is 16.3. The predicted molar refractivity (Wildman–Crippen MR) is 73.0 cm³/mol. The van der Waals surface area contributed by atoms with Gasteiger partial charge in [0.15, 0.2) is 0 Å². The predicted octanol–water partition coefficient (Wildman–Crippen LogP) is 2.75. The highest BCUT2D eigenvalue weighted by Crippen LogP contribution is 2.10. The van der Waals surface area contributed by atoms with Gasteiger partial charge in [0.05, 0.1) is 6.61 Å². The first-order chi connectivity index (χ1) is 8.17. The van der Waals surface area contributed by atoms with E-state index in [4.69, 9.17) is 0 Å². The largest absolute Gasteiger partial charge is 0.395 e. The summed E-state index contributed by atoms with van der Waals surface area (Å²) >= 11 is 0. The van der Waals surface area contributed by atoms with Gasteiger partial charge in [-0.2, -0.15) is 0 Å². The third-order valence-corrected chi connectivity index (χ3v) is 3.06. The first-order valence-corrected chi connectivity index (χ1v) is 6.58. The van der Waals surface area contributed by atoms with Gasteiger partial charge in [0, 0.05) is 12.6 Å². The lowest BCUT2D eigenvalue weighted by atomic mass is 10.0. The fraction of sp³-hybridized carbons (Fsp3) is 0.600. The van der Waals surface area contributed by atoms with E-state index in [0.717, 1.165) is 19.4 Å². The van der Waals surface area contributed by atoms with Crippen molar-refractivity contribution >= 4 is 0 Å². The van der Waals surface area contributed by atoms with Gasteiger partial charge in [-0.05, 0) is 29.9 Å². The van der Waals surface area contributed by atoms with Crippen molar-refractivity contribution in [2.45, 2.75) is 46.2 Å². The van der Waals surface area contributed by atoms with Crippen molar-refractivity contribution in [3.8, 4) is 0 Å². The van der Waals surface area contributed by atoms with Gasteiger partial charge in [-0.3, -0.25) is 0 Å². The van der Waals surface area contributed by atoms with Crippen molar-refractivity contribution in [3.05, 3.63) is 35.4 Å². The van der Waals surface area contributed by atoms with Crippen LogP contribution in [0.1, 0.15) is 38.3 Å². The molecule has 1 aromatic carbocycles. The summed E-state index contributed by atoms with van der Waals surface area (Å²) in [6.07, 6.45) is 2.08. The average molecular weight is 235 g/mol. The molecule has 0 aromatic heterocycles. The Hall–Kier alpha value is -0.860. The quantitative estimate of drug-likeness (QED) is 0.761. The van der Waals surface area contributed by atoms with Gasteiger partial charge in [-0.1, -0.05) is 45.0 Å². The Morgan fingerprint density at radius 2 is 1.82 bits per heavy atom. The minimum absolute atomic E-state index is 0.208. The molecule has 0 saturated carbocycles. The zero-order valence-corrected chi connectivity index (χ0v) is 11.2. The summed E-state index contributed by atoms with van der Waals surface area (Å²) in [4.78, 5) is 0. The normalized spacial score (nSPS) is 13.0. The number of aliphatic hydroxyl groups is 1. The lowest BCUT2D eigenvalue weighted by Gasteiger charge is -2.19. The summed E-state index contributed by atoms with van der Waals surface area (Å²) in [7, 11) is 0. The summed E-state index contributed by atoms with van der Waals surface area (Å²) in [5.41, 5.74) is 2.73. The second kappa shape index (κ2) is 7.46. The van der Waals surface area contributed by atoms with E-state index in [1.165, 1.54) is 11.1 Å². The zero-order valence-electron chi connectivity index (χ0n) is 11.2. The van der Waals surface area contributed by atoms with Crippen molar-refractivity contribution in [1.29, 1.82) is 0 Å². The van der Waals surface area contributed by atoms with Crippen LogP contribution in [0.25, 0.3) is 0 Å².